The second-order valence-corrected chi connectivity index (χ2v) is 5.06. The maximum absolute atomic E-state index is 10.7. The molecule has 3 rings (SSSR count). The molecule has 1 aliphatic rings. The molecular weight excluding hydrogens is 260 g/mol. The fourth-order valence-electron chi connectivity index (χ4n) is 2.49. The summed E-state index contributed by atoms with van der Waals surface area (Å²) < 4.78 is 5.56. The lowest BCUT2D eigenvalue weighted by Gasteiger charge is -2.29. The molecular formula is C13H16N4O3. The minimum Gasteiger partial charge on any atom is -0.423 e. The second kappa shape index (κ2) is 5.09. The predicted octanol–water partition coefficient (Wildman–Crippen LogP) is 2.29. The van der Waals surface area contributed by atoms with Crippen LogP contribution in [0, 0.1) is 10.1 Å². The number of aromatic nitrogens is 1. The van der Waals surface area contributed by atoms with E-state index in [1.165, 1.54) is 12.1 Å². The average molecular weight is 276 g/mol. The molecule has 7 heteroatoms. The summed E-state index contributed by atoms with van der Waals surface area (Å²) in [4.78, 5) is 14.6. The monoisotopic (exact) mass is 276 g/mol. The highest BCUT2D eigenvalue weighted by molar-refractivity contribution is 5.77. The number of nitrogens with zero attached hydrogens (tertiary/aromatic N) is 2. The van der Waals surface area contributed by atoms with Crippen LogP contribution in [0.15, 0.2) is 22.6 Å². The molecule has 0 amide bonds. The van der Waals surface area contributed by atoms with Crippen LogP contribution in [0.4, 0.5) is 11.7 Å². The van der Waals surface area contributed by atoms with Crippen molar-refractivity contribution in [2.45, 2.75) is 31.8 Å². The summed E-state index contributed by atoms with van der Waals surface area (Å²) in [5.41, 5.74) is 1.06. The van der Waals surface area contributed by atoms with Crippen LogP contribution in [-0.2, 0) is 0 Å². The Bertz CT molecular complexity index is 640. The van der Waals surface area contributed by atoms with E-state index in [4.69, 9.17) is 4.42 Å². The third-order valence-corrected chi connectivity index (χ3v) is 3.65. The van der Waals surface area contributed by atoms with Crippen molar-refractivity contribution in [3.63, 3.8) is 0 Å². The van der Waals surface area contributed by atoms with E-state index in [0.29, 0.717) is 23.2 Å². The first-order valence-corrected chi connectivity index (χ1v) is 6.68. The number of oxazole rings is 1. The molecule has 0 aliphatic carbocycles. The van der Waals surface area contributed by atoms with Gasteiger partial charge in [-0.15, -0.1) is 0 Å². The van der Waals surface area contributed by atoms with E-state index in [-0.39, 0.29) is 11.7 Å². The van der Waals surface area contributed by atoms with Gasteiger partial charge >= 0.3 is 0 Å². The number of hydrogen-bond acceptors (Lipinski definition) is 6. The summed E-state index contributed by atoms with van der Waals surface area (Å²) in [6.07, 6.45) is 2.15. The Kier molecular flexibility index (Phi) is 3.27. The maximum atomic E-state index is 10.7. The van der Waals surface area contributed by atoms with Crippen LogP contribution in [0.3, 0.4) is 0 Å². The smallest absolute Gasteiger partial charge is 0.295 e. The van der Waals surface area contributed by atoms with E-state index in [0.717, 1.165) is 19.4 Å². The van der Waals surface area contributed by atoms with Crippen LogP contribution in [0.2, 0.25) is 0 Å². The number of non-ortho nitro benzene ring substituents is 1. The van der Waals surface area contributed by atoms with Crippen molar-refractivity contribution in [1.82, 2.24) is 10.3 Å². The number of rotatable bonds is 3. The van der Waals surface area contributed by atoms with Crippen LogP contribution >= 0.6 is 0 Å². The molecule has 2 heterocycles. The lowest BCUT2D eigenvalue weighted by atomic mass is 10.0. The summed E-state index contributed by atoms with van der Waals surface area (Å²) >= 11 is 0. The number of nitro groups is 1. The third-order valence-electron chi connectivity index (χ3n) is 3.65. The minimum absolute atomic E-state index is 0.00732. The zero-order valence-corrected chi connectivity index (χ0v) is 11.1. The molecule has 1 saturated heterocycles. The van der Waals surface area contributed by atoms with Gasteiger partial charge in [-0.3, -0.25) is 10.1 Å². The van der Waals surface area contributed by atoms with Crippen LogP contribution in [0.5, 0.6) is 0 Å². The molecule has 0 radical (unpaired) electrons. The Balaban J connectivity index is 1.83. The molecule has 2 atom stereocenters. The van der Waals surface area contributed by atoms with E-state index < -0.39 is 4.92 Å². The number of anilines is 1. The summed E-state index contributed by atoms with van der Waals surface area (Å²) in [6.45, 7) is 3.14. The molecule has 1 aliphatic heterocycles. The Labute approximate surface area is 115 Å². The molecule has 0 bridgehead atoms. The third kappa shape index (κ3) is 2.44. The van der Waals surface area contributed by atoms with Gasteiger partial charge in [-0.1, -0.05) is 0 Å². The van der Waals surface area contributed by atoms with Crippen LogP contribution in [0.25, 0.3) is 11.1 Å². The highest BCUT2D eigenvalue weighted by atomic mass is 16.6. The number of nitrogens with one attached hydrogen (secondary N) is 2. The number of nitro benzene ring substituents is 1. The molecule has 1 aromatic carbocycles. The normalized spacial score (nSPS) is 22.9. The molecule has 1 fully saturated rings. The molecule has 7 nitrogen and oxygen atoms in total. The van der Waals surface area contributed by atoms with Gasteiger partial charge in [0.25, 0.3) is 11.7 Å². The van der Waals surface area contributed by atoms with Gasteiger partial charge in [0, 0.05) is 18.2 Å². The summed E-state index contributed by atoms with van der Waals surface area (Å²) in [7, 11) is 0. The Morgan fingerprint density at radius 3 is 3.15 bits per heavy atom. The fraction of sp³-hybridized carbons (Fsp3) is 0.462. The van der Waals surface area contributed by atoms with Gasteiger partial charge in [0.05, 0.1) is 11.0 Å². The van der Waals surface area contributed by atoms with Crippen molar-refractivity contribution in [1.29, 1.82) is 0 Å². The van der Waals surface area contributed by atoms with Crippen molar-refractivity contribution in [2.24, 2.45) is 0 Å². The van der Waals surface area contributed by atoms with Crippen molar-refractivity contribution in [3.05, 3.63) is 28.3 Å². The van der Waals surface area contributed by atoms with Crippen molar-refractivity contribution in [3.8, 4) is 0 Å². The van der Waals surface area contributed by atoms with Gasteiger partial charge in [-0.2, -0.15) is 4.98 Å². The lowest BCUT2D eigenvalue weighted by Crippen LogP contribution is -2.46. The topological polar surface area (TPSA) is 93.2 Å². The first-order valence-electron chi connectivity index (χ1n) is 6.68. The maximum Gasteiger partial charge on any atom is 0.295 e. The van der Waals surface area contributed by atoms with Crippen molar-refractivity contribution < 1.29 is 9.34 Å². The van der Waals surface area contributed by atoms with E-state index in [1.54, 1.807) is 6.07 Å². The van der Waals surface area contributed by atoms with Crippen LogP contribution in [-0.4, -0.2) is 28.5 Å². The highest BCUT2D eigenvalue weighted by Crippen LogP contribution is 2.25. The van der Waals surface area contributed by atoms with Gasteiger partial charge in [-0.05, 0) is 32.4 Å². The molecule has 2 N–H and O–H groups in total. The minimum atomic E-state index is -0.442. The zero-order chi connectivity index (χ0) is 14.1. The first-order chi connectivity index (χ1) is 9.63. The van der Waals surface area contributed by atoms with E-state index in [1.807, 2.05) is 0 Å². The highest BCUT2D eigenvalue weighted by Gasteiger charge is 2.22. The molecule has 106 valence electrons. The molecule has 20 heavy (non-hydrogen) atoms. The number of fused-ring (bicyclic) bond motifs is 1. The van der Waals surface area contributed by atoms with Crippen molar-refractivity contribution >= 4 is 22.8 Å². The average Bonchev–Trinajstić information content (AvgIpc) is 2.82. The fourth-order valence-corrected chi connectivity index (χ4v) is 2.49. The first kappa shape index (κ1) is 12.9. The predicted molar refractivity (Wildman–Crippen MR) is 74.8 cm³/mol. The summed E-state index contributed by atoms with van der Waals surface area (Å²) in [5, 5.41) is 17.4. The summed E-state index contributed by atoms with van der Waals surface area (Å²) in [6, 6.07) is 5.45. The number of hydrogen-bond donors (Lipinski definition) is 2. The Hall–Kier alpha value is -2.15. The van der Waals surface area contributed by atoms with E-state index >= 15 is 0 Å². The van der Waals surface area contributed by atoms with Gasteiger partial charge in [0.15, 0.2) is 5.58 Å². The van der Waals surface area contributed by atoms with Crippen molar-refractivity contribution in [2.75, 3.05) is 11.9 Å². The number of piperidine rings is 1. The standard InChI is InChI=1S/C13H16N4O3/c1-8-10(3-2-6-14-8)15-13-16-11-5-4-9(17(18)19)7-12(11)20-13/h4-5,7-8,10,14H,2-3,6H2,1H3,(H,15,16). The molecule has 2 aromatic rings. The van der Waals surface area contributed by atoms with Gasteiger partial charge in [0.1, 0.15) is 5.52 Å². The van der Waals surface area contributed by atoms with Crippen LogP contribution < -0.4 is 10.6 Å². The molecule has 0 spiro atoms. The van der Waals surface area contributed by atoms with E-state index in [2.05, 4.69) is 22.5 Å². The molecule has 2 unspecified atom stereocenters. The van der Waals surface area contributed by atoms with Gasteiger partial charge in [0.2, 0.25) is 0 Å². The Morgan fingerprint density at radius 1 is 1.55 bits per heavy atom. The van der Waals surface area contributed by atoms with Gasteiger partial charge in [-0.25, -0.2) is 0 Å². The zero-order valence-electron chi connectivity index (χ0n) is 11.1. The Morgan fingerprint density at radius 2 is 2.40 bits per heavy atom. The quantitative estimate of drug-likeness (QED) is 0.660. The number of benzene rings is 1. The lowest BCUT2D eigenvalue weighted by molar-refractivity contribution is -0.384. The van der Waals surface area contributed by atoms with E-state index in [9.17, 15) is 10.1 Å². The second-order valence-electron chi connectivity index (χ2n) is 5.06. The van der Waals surface area contributed by atoms with Crippen LogP contribution in [0.1, 0.15) is 19.8 Å². The molecule has 1 aromatic heterocycles. The summed E-state index contributed by atoms with van der Waals surface area (Å²) in [5.74, 6) is 0. The SMILES string of the molecule is CC1NCCCC1Nc1nc2ccc([N+](=O)[O-])cc2o1. The van der Waals surface area contributed by atoms with Gasteiger partial charge < -0.3 is 15.1 Å². The molecule has 0 saturated carbocycles. The largest absolute Gasteiger partial charge is 0.423 e.